The number of benzene rings is 2. The number of carbonyl (C=O) groups is 1. The largest absolute Gasteiger partial charge is 0.330 e. The highest BCUT2D eigenvalue weighted by Crippen LogP contribution is 2.35. The number of rotatable bonds is 1. The summed E-state index contributed by atoms with van der Waals surface area (Å²) in [5.74, 6) is 0. The van der Waals surface area contributed by atoms with Crippen LogP contribution in [0.5, 0.6) is 0 Å². The van der Waals surface area contributed by atoms with Gasteiger partial charge in [0.2, 0.25) is 0 Å². The van der Waals surface area contributed by atoms with E-state index in [1.54, 1.807) is 23.3 Å². The van der Waals surface area contributed by atoms with E-state index in [2.05, 4.69) is 35.3 Å². The van der Waals surface area contributed by atoms with Gasteiger partial charge in [0.15, 0.2) is 0 Å². The number of imidazole rings is 1. The standard InChI is InChI=1S/C19H17N3O/c23-19(21-13-11-20-14-21)22-12-10-15-6-4-5-9-17(15)18(22)16-7-2-1-3-8-16/h1-9,11,13-14,18H,10,12H2/t18-/m0/s1. The van der Waals surface area contributed by atoms with Crippen molar-refractivity contribution in [3.05, 3.63) is 90.0 Å². The van der Waals surface area contributed by atoms with Crippen molar-refractivity contribution >= 4 is 6.03 Å². The minimum absolute atomic E-state index is 0.0362. The van der Waals surface area contributed by atoms with Crippen LogP contribution >= 0.6 is 0 Å². The molecule has 2 aromatic carbocycles. The number of amides is 1. The Morgan fingerprint density at radius 2 is 1.83 bits per heavy atom. The lowest BCUT2D eigenvalue weighted by Crippen LogP contribution is -2.42. The zero-order valence-electron chi connectivity index (χ0n) is 12.7. The minimum atomic E-state index is -0.0592. The second kappa shape index (κ2) is 5.72. The summed E-state index contributed by atoms with van der Waals surface area (Å²) in [7, 11) is 0. The predicted molar refractivity (Wildman–Crippen MR) is 88.2 cm³/mol. The molecule has 1 aromatic heterocycles. The average molecular weight is 303 g/mol. The van der Waals surface area contributed by atoms with E-state index in [4.69, 9.17) is 0 Å². The highest BCUT2D eigenvalue weighted by atomic mass is 16.2. The summed E-state index contributed by atoms with van der Waals surface area (Å²) in [6.45, 7) is 0.702. The molecule has 0 N–H and O–H groups in total. The quantitative estimate of drug-likeness (QED) is 0.690. The van der Waals surface area contributed by atoms with Gasteiger partial charge in [-0.05, 0) is 23.1 Å². The zero-order valence-corrected chi connectivity index (χ0v) is 12.7. The van der Waals surface area contributed by atoms with E-state index in [9.17, 15) is 4.79 Å². The first-order valence-electron chi connectivity index (χ1n) is 7.76. The summed E-state index contributed by atoms with van der Waals surface area (Å²) in [6, 6.07) is 18.5. The molecular formula is C19H17N3O. The van der Waals surface area contributed by atoms with Crippen molar-refractivity contribution in [2.45, 2.75) is 12.5 Å². The van der Waals surface area contributed by atoms with E-state index >= 15 is 0 Å². The number of fused-ring (bicyclic) bond motifs is 1. The van der Waals surface area contributed by atoms with Crippen molar-refractivity contribution in [3.63, 3.8) is 0 Å². The molecule has 114 valence electrons. The number of hydrogen-bond donors (Lipinski definition) is 0. The van der Waals surface area contributed by atoms with Crippen LogP contribution in [0, 0.1) is 0 Å². The summed E-state index contributed by atoms with van der Waals surface area (Å²) in [6.07, 6.45) is 5.77. The van der Waals surface area contributed by atoms with Crippen molar-refractivity contribution in [3.8, 4) is 0 Å². The van der Waals surface area contributed by atoms with Crippen molar-refractivity contribution < 1.29 is 4.79 Å². The maximum atomic E-state index is 12.9. The Labute approximate surface area is 135 Å². The van der Waals surface area contributed by atoms with Gasteiger partial charge in [-0.25, -0.2) is 9.78 Å². The van der Waals surface area contributed by atoms with Gasteiger partial charge in [-0.2, -0.15) is 0 Å². The summed E-state index contributed by atoms with van der Waals surface area (Å²) < 4.78 is 1.55. The minimum Gasteiger partial charge on any atom is -0.313 e. The lowest BCUT2D eigenvalue weighted by atomic mass is 9.88. The Hall–Kier alpha value is -2.88. The van der Waals surface area contributed by atoms with Crippen LogP contribution in [0.4, 0.5) is 4.79 Å². The van der Waals surface area contributed by atoms with Crippen LogP contribution in [-0.2, 0) is 6.42 Å². The van der Waals surface area contributed by atoms with Crippen LogP contribution < -0.4 is 0 Å². The first-order valence-corrected chi connectivity index (χ1v) is 7.76. The Kier molecular flexibility index (Phi) is 3.42. The molecule has 3 aromatic rings. The van der Waals surface area contributed by atoms with Crippen molar-refractivity contribution in [1.29, 1.82) is 0 Å². The third-order valence-electron chi connectivity index (χ3n) is 4.37. The zero-order chi connectivity index (χ0) is 15.6. The number of hydrogen-bond acceptors (Lipinski definition) is 2. The molecule has 23 heavy (non-hydrogen) atoms. The molecule has 4 heteroatoms. The summed E-state index contributed by atoms with van der Waals surface area (Å²) >= 11 is 0. The fourth-order valence-corrected chi connectivity index (χ4v) is 3.29. The molecule has 1 aliphatic heterocycles. The normalized spacial score (nSPS) is 16.9. The maximum absolute atomic E-state index is 12.9. The van der Waals surface area contributed by atoms with Crippen molar-refractivity contribution in [1.82, 2.24) is 14.5 Å². The molecule has 0 radical (unpaired) electrons. The highest BCUT2D eigenvalue weighted by molar-refractivity contribution is 5.78. The van der Waals surface area contributed by atoms with Crippen LogP contribution in [0.15, 0.2) is 73.3 Å². The van der Waals surface area contributed by atoms with E-state index in [1.807, 2.05) is 29.2 Å². The lowest BCUT2D eigenvalue weighted by Gasteiger charge is -2.37. The lowest BCUT2D eigenvalue weighted by molar-refractivity contribution is 0.181. The summed E-state index contributed by atoms with van der Waals surface area (Å²) in [5, 5.41) is 0. The monoisotopic (exact) mass is 303 g/mol. The van der Waals surface area contributed by atoms with Crippen LogP contribution in [0.25, 0.3) is 0 Å². The van der Waals surface area contributed by atoms with Gasteiger partial charge in [0.05, 0.1) is 6.04 Å². The molecule has 0 spiro atoms. The fourth-order valence-electron chi connectivity index (χ4n) is 3.29. The molecule has 0 saturated heterocycles. The Morgan fingerprint density at radius 3 is 2.61 bits per heavy atom. The third kappa shape index (κ3) is 2.42. The molecule has 0 saturated carbocycles. The molecule has 0 fully saturated rings. The van der Waals surface area contributed by atoms with E-state index in [0.717, 1.165) is 12.0 Å². The van der Waals surface area contributed by atoms with E-state index < -0.39 is 0 Å². The Morgan fingerprint density at radius 1 is 1.04 bits per heavy atom. The second-order valence-corrected chi connectivity index (χ2v) is 5.71. The summed E-state index contributed by atoms with van der Waals surface area (Å²) in [4.78, 5) is 18.8. The van der Waals surface area contributed by atoms with Gasteiger partial charge in [-0.1, -0.05) is 54.6 Å². The van der Waals surface area contributed by atoms with Gasteiger partial charge in [-0.3, -0.25) is 4.57 Å². The Balaban J connectivity index is 1.81. The SMILES string of the molecule is O=C(N1CCc2ccccc2[C@@H]1c1ccccc1)n1ccnc1. The van der Waals surface area contributed by atoms with E-state index in [-0.39, 0.29) is 12.1 Å². The van der Waals surface area contributed by atoms with Gasteiger partial charge in [0.1, 0.15) is 6.33 Å². The van der Waals surface area contributed by atoms with E-state index in [0.29, 0.717) is 6.54 Å². The molecule has 4 rings (SSSR count). The highest BCUT2D eigenvalue weighted by Gasteiger charge is 2.32. The maximum Gasteiger partial charge on any atom is 0.330 e. The molecule has 1 atom stereocenters. The summed E-state index contributed by atoms with van der Waals surface area (Å²) in [5.41, 5.74) is 3.66. The number of carbonyl (C=O) groups excluding carboxylic acids is 1. The van der Waals surface area contributed by atoms with Gasteiger partial charge >= 0.3 is 6.03 Å². The first-order chi connectivity index (χ1) is 11.3. The molecule has 4 nitrogen and oxygen atoms in total. The number of aromatic nitrogens is 2. The molecule has 1 aliphatic rings. The van der Waals surface area contributed by atoms with Gasteiger partial charge in [-0.15, -0.1) is 0 Å². The molecule has 1 amide bonds. The van der Waals surface area contributed by atoms with Crippen LogP contribution in [0.2, 0.25) is 0 Å². The Bertz CT molecular complexity index is 812. The second-order valence-electron chi connectivity index (χ2n) is 5.71. The molecule has 0 unspecified atom stereocenters. The molecule has 2 heterocycles. The van der Waals surface area contributed by atoms with Crippen LogP contribution in [-0.4, -0.2) is 27.0 Å². The first kappa shape index (κ1) is 13.8. The predicted octanol–water partition coefficient (Wildman–Crippen LogP) is 3.50. The van der Waals surface area contributed by atoms with Gasteiger partial charge in [0, 0.05) is 18.9 Å². The van der Waals surface area contributed by atoms with Crippen molar-refractivity contribution in [2.24, 2.45) is 0 Å². The molecule has 0 bridgehead atoms. The van der Waals surface area contributed by atoms with Crippen molar-refractivity contribution in [2.75, 3.05) is 6.54 Å². The van der Waals surface area contributed by atoms with E-state index in [1.165, 1.54) is 11.1 Å². The number of nitrogens with zero attached hydrogens (tertiary/aromatic N) is 3. The molecular weight excluding hydrogens is 286 g/mol. The van der Waals surface area contributed by atoms with Gasteiger partial charge < -0.3 is 4.90 Å². The van der Waals surface area contributed by atoms with Crippen LogP contribution in [0.3, 0.4) is 0 Å². The fraction of sp³-hybridized carbons (Fsp3) is 0.158. The average Bonchev–Trinajstić information content (AvgIpc) is 3.15. The third-order valence-corrected chi connectivity index (χ3v) is 4.37. The van der Waals surface area contributed by atoms with Gasteiger partial charge in [0.25, 0.3) is 0 Å². The topological polar surface area (TPSA) is 38.1 Å². The van der Waals surface area contributed by atoms with Crippen LogP contribution in [0.1, 0.15) is 22.7 Å². The smallest absolute Gasteiger partial charge is 0.313 e. The molecule has 0 aliphatic carbocycles.